The summed E-state index contributed by atoms with van der Waals surface area (Å²) in [6.07, 6.45) is 1.21. The third-order valence-corrected chi connectivity index (χ3v) is 2.96. The minimum atomic E-state index is 0.545. The van der Waals surface area contributed by atoms with Gasteiger partial charge in [-0.05, 0) is 31.3 Å². The SMILES string of the molecule is CCCNCC(C)NCc1cccs1. The Kier molecular flexibility index (Phi) is 5.83. The van der Waals surface area contributed by atoms with E-state index in [0.29, 0.717) is 6.04 Å². The fourth-order valence-corrected chi connectivity index (χ4v) is 1.91. The van der Waals surface area contributed by atoms with Crippen molar-refractivity contribution >= 4 is 11.3 Å². The van der Waals surface area contributed by atoms with Crippen molar-refractivity contribution < 1.29 is 0 Å². The monoisotopic (exact) mass is 212 g/mol. The van der Waals surface area contributed by atoms with Crippen LogP contribution in [0.2, 0.25) is 0 Å². The number of hydrogen-bond donors (Lipinski definition) is 2. The van der Waals surface area contributed by atoms with Gasteiger partial charge in [-0.25, -0.2) is 0 Å². The largest absolute Gasteiger partial charge is 0.315 e. The molecule has 80 valence electrons. The average molecular weight is 212 g/mol. The summed E-state index contributed by atoms with van der Waals surface area (Å²) in [7, 11) is 0. The molecular weight excluding hydrogens is 192 g/mol. The maximum absolute atomic E-state index is 3.49. The fourth-order valence-electron chi connectivity index (χ4n) is 1.26. The van der Waals surface area contributed by atoms with E-state index in [1.54, 1.807) is 0 Å². The molecule has 0 aliphatic heterocycles. The first kappa shape index (κ1) is 11.7. The van der Waals surface area contributed by atoms with Gasteiger partial charge in [0.1, 0.15) is 0 Å². The van der Waals surface area contributed by atoms with Crippen LogP contribution in [0.5, 0.6) is 0 Å². The van der Waals surface area contributed by atoms with Gasteiger partial charge in [-0.1, -0.05) is 13.0 Å². The van der Waals surface area contributed by atoms with Crippen molar-refractivity contribution in [1.82, 2.24) is 10.6 Å². The van der Waals surface area contributed by atoms with E-state index in [1.807, 2.05) is 11.3 Å². The summed E-state index contributed by atoms with van der Waals surface area (Å²) in [4.78, 5) is 1.41. The Morgan fingerprint density at radius 3 is 3.00 bits per heavy atom. The molecule has 14 heavy (non-hydrogen) atoms. The summed E-state index contributed by atoms with van der Waals surface area (Å²) in [6.45, 7) is 7.57. The molecule has 0 spiro atoms. The van der Waals surface area contributed by atoms with Crippen LogP contribution in [0, 0.1) is 0 Å². The molecule has 1 aromatic heterocycles. The molecule has 1 heterocycles. The lowest BCUT2D eigenvalue weighted by Gasteiger charge is -2.13. The highest BCUT2D eigenvalue weighted by Gasteiger charge is 2.00. The Labute approximate surface area is 90.7 Å². The van der Waals surface area contributed by atoms with E-state index < -0.39 is 0 Å². The smallest absolute Gasteiger partial charge is 0.0302 e. The van der Waals surface area contributed by atoms with Crippen LogP contribution in [0.1, 0.15) is 25.1 Å². The summed E-state index contributed by atoms with van der Waals surface area (Å²) in [5.41, 5.74) is 0. The van der Waals surface area contributed by atoms with E-state index in [0.717, 1.165) is 19.6 Å². The van der Waals surface area contributed by atoms with Crippen molar-refractivity contribution in [3.8, 4) is 0 Å². The van der Waals surface area contributed by atoms with Gasteiger partial charge >= 0.3 is 0 Å². The van der Waals surface area contributed by atoms with Crippen molar-refractivity contribution in [2.24, 2.45) is 0 Å². The summed E-state index contributed by atoms with van der Waals surface area (Å²) in [5, 5.41) is 9.02. The third kappa shape index (κ3) is 4.74. The highest BCUT2D eigenvalue weighted by Crippen LogP contribution is 2.07. The molecule has 0 saturated heterocycles. The van der Waals surface area contributed by atoms with Crippen LogP contribution in [0.15, 0.2) is 17.5 Å². The van der Waals surface area contributed by atoms with Gasteiger partial charge in [-0.3, -0.25) is 0 Å². The van der Waals surface area contributed by atoms with Crippen LogP contribution in [-0.4, -0.2) is 19.1 Å². The molecule has 0 aromatic carbocycles. The maximum Gasteiger partial charge on any atom is 0.0302 e. The Morgan fingerprint density at radius 2 is 2.36 bits per heavy atom. The molecule has 3 heteroatoms. The van der Waals surface area contributed by atoms with E-state index in [1.165, 1.54) is 11.3 Å². The number of nitrogens with one attached hydrogen (secondary N) is 2. The van der Waals surface area contributed by atoms with Gasteiger partial charge in [-0.2, -0.15) is 0 Å². The molecule has 0 bridgehead atoms. The highest BCUT2D eigenvalue weighted by atomic mass is 32.1. The molecule has 0 fully saturated rings. The summed E-state index contributed by atoms with van der Waals surface area (Å²) in [6, 6.07) is 4.81. The Bertz CT molecular complexity index is 221. The third-order valence-electron chi connectivity index (χ3n) is 2.08. The van der Waals surface area contributed by atoms with Gasteiger partial charge in [0.05, 0.1) is 0 Å². The van der Waals surface area contributed by atoms with Crippen LogP contribution in [0.25, 0.3) is 0 Å². The lowest BCUT2D eigenvalue weighted by Crippen LogP contribution is -2.36. The zero-order valence-electron chi connectivity index (χ0n) is 9.05. The predicted octanol–water partition coefficient (Wildman–Crippen LogP) is 2.23. The molecule has 1 aromatic rings. The Morgan fingerprint density at radius 1 is 1.50 bits per heavy atom. The highest BCUT2D eigenvalue weighted by molar-refractivity contribution is 7.09. The number of hydrogen-bond acceptors (Lipinski definition) is 3. The first-order chi connectivity index (χ1) is 6.83. The molecule has 0 amide bonds. The molecule has 1 atom stereocenters. The minimum absolute atomic E-state index is 0.545. The zero-order valence-corrected chi connectivity index (χ0v) is 9.86. The molecule has 1 unspecified atom stereocenters. The van der Waals surface area contributed by atoms with Crippen molar-refractivity contribution in [3.05, 3.63) is 22.4 Å². The van der Waals surface area contributed by atoms with Gasteiger partial charge < -0.3 is 10.6 Å². The topological polar surface area (TPSA) is 24.1 Å². The van der Waals surface area contributed by atoms with Gasteiger partial charge in [0.15, 0.2) is 0 Å². The Hall–Kier alpha value is -0.380. The molecule has 0 aliphatic rings. The predicted molar refractivity (Wildman–Crippen MR) is 63.8 cm³/mol. The minimum Gasteiger partial charge on any atom is -0.315 e. The second-order valence-corrected chi connectivity index (χ2v) is 4.60. The quantitative estimate of drug-likeness (QED) is 0.677. The van der Waals surface area contributed by atoms with Crippen LogP contribution < -0.4 is 10.6 Å². The standard InChI is InChI=1S/C11H20N2S/c1-3-6-12-8-10(2)13-9-11-5-4-7-14-11/h4-5,7,10,12-13H,3,6,8-9H2,1-2H3. The van der Waals surface area contributed by atoms with Crippen molar-refractivity contribution in [2.45, 2.75) is 32.9 Å². The summed E-state index contributed by atoms with van der Waals surface area (Å²) in [5.74, 6) is 0. The molecule has 0 radical (unpaired) electrons. The van der Waals surface area contributed by atoms with Crippen molar-refractivity contribution in [3.63, 3.8) is 0 Å². The Balaban J connectivity index is 2.06. The molecule has 1 rings (SSSR count). The van der Waals surface area contributed by atoms with Crippen LogP contribution in [0.3, 0.4) is 0 Å². The second-order valence-electron chi connectivity index (χ2n) is 3.57. The molecule has 2 nitrogen and oxygen atoms in total. The number of rotatable bonds is 7. The van der Waals surface area contributed by atoms with Gasteiger partial charge in [0.25, 0.3) is 0 Å². The van der Waals surface area contributed by atoms with Crippen LogP contribution in [0.4, 0.5) is 0 Å². The normalized spacial score (nSPS) is 13.0. The second kappa shape index (κ2) is 6.98. The zero-order chi connectivity index (χ0) is 10.2. The molecule has 0 saturated carbocycles. The van der Waals surface area contributed by atoms with E-state index in [-0.39, 0.29) is 0 Å². The summed E-state index contributed by atoms with van der Waals surface area (Å²) < 4.78 is 0. The lowest BCUT2D eigenvalue weighted by molar-refractivity contribution is 0.503. The molecule has 0 aliphatic carbocycles. The van der Waals surface area contributed by atoms with Gasteiger partial charge in [0.2, 0.25) is 0 Å². The maximum atomic E-state index is 3.49. The van der Waals surface area contributed by atoms with Crippen LogP contribution in [-0.2, 0) is 6.54 Å². The lowest BCUT2D eigenvalue weighted by atomic mass is 10.3. The first-order valence-electron chi connectivity index (χ1n) is 5.29. The van der Waals surface area contributed by atoms with Gasteiger partial charge in [0, 0.05) is 24.0 Å². The first-order valence-corrected chi connectivity index (χ1v) is 6.17. The van der Waals surface area contributed by atoms with Crippen LogP contribution >= 0.6 is 11.3 Å². The summed E-state index contributed by atoms with van der Waals surface area (Å²) >= 11 is 1.81. The van der Waals surface area contributed by atoms with E-state index in [9.17, 15) is 0 Å². The molecular formula is C11H20N2S. The average Bonchev–Trinajstić information content (AvgIpc) is 2.68. The van der Waals surface area contributed by atoms with Crippen molar-refractivity contribution in [2.75, 3.05) is 13.1 Å². The van der Waals surface area contributed by atoms with Crippen molar-refractivity contribution in [1.29, 1.82) is 0 Å². The molecule has 2 N–H and O–H groups in total. The van der Waals surface area contributed by atoms with E-state index in [4.69, 9.17) is 0 Å². The fraction of sp³-hybridized carbons (Fsp3) is 0.636. The van der Waals surface area contributed by atoms with Gasteiger partial charge in [-0.15, -0.1) is 11.3 Å². The number of thiophene rings is 1. The van der Waals surface area contributed by atoms with E-state index in [2.05, 4.69) is 42.0 Å². The van der Waals surface area contributed by atoms with E-state index >= 15 is 0 Å².